The highest BCUT2D eigenvalue weighted by Crippen LogP contribution is 2.42. The van der Waals surface area contributed by atoms with Crippen LogP contribution in [-0.2, 0) is 0 Å². The number of nitrogens with zero attached hydrogens (tertiary/aromatic N) is 1. The fourth-order valence-electron chi connectivity index (χ4n) is 4.56. The largest absolute Gasteiger partial charge is 0.319 e. The van der Waals surface area contributed by atoms with Crippen molar-refractivity contribution in [2.45, 2.75) is 71.4 Å². The average molecular weight is 210 g/mol. The summed E-state index contributed by atoms with van der Waals surface area (Å²) >= 11 is 0. The zero-order valence-corrected chi connectivity index (χ0v) is 10.8. The summed E-state index contributed by atoms with van der Waals surface area (Å²) in [7, 11) is 0. The van der Waals surface area contributed by atoms with E-state index in [4.69, 9.17) is 0 Å². The van der Waals surface area contributed by atoms with Crippen molar-refractivity contribution in [2.24, 2.45) is 5.92 Å². The van der Waals surface area contributed by atoms with Gasteiger partial charge in [-0.15, -0.1) is 0 Å². The molecular weight excluding hydrogens is 182 g/mol. The highest BCUT2D eigenvalue weighted by Gasteiger charge is 2.47. The first-order chi connectivity index (χ1) is 7.24. The lowest BCUT2D eigenvalue weighted by Gasteiger charge is -2.55. The fraction of sp³-hybridized carbons (Fsp3) is 1.00. The zero-order chi connectivity index (χ0) is 10.9. The predicted molar refractivity (Wildman–Crippen MR) is 65.8 cm³/mol. The summed E-state index contributed by atoms with van der Waals surface area (Å²) in [5.41, 5.74) is 0. The second-order valence-corrected chi connectivity index (χ2v) is 5.77. The van der Waals surface area contributed by atoms with Crippen LogP contribution >= 0.6 is 0 Å². The van der Waals surface area contributed by atoms with E-state index in [1.54, 1.807) is 0 Å². The van der Waals surface area contributed by atoms with E-state index < -0.39 is 0 Å². The van der Waals surface area contributed by atoms with Crippen molar-refractivity contribution in [2.75, 3.05) is 13.1 Å². The van der Waals surface area contributed by atoms with E-state index in [1.165, 1.54) is 56.1 Å². The van der Waals surface area contributed by atoms with Crippen molar-refractivity contribution >= 4 is 0 Å². The molecule has 2 fully saturated rings. The van der Waals surface area contributed by atoms with Crippen LogP contribution in [0.3, 0.4) is 0 Å². The van der Waals surface area contributed by atoms with Gasteiger partial charge in [-0.3, -0.25) is 0 Å². The number of rotatable bonds is 2. The summed E-state index contributed by atoms with van der Waals surface area (Å²) in [6.07, 6.45) is 9.03. The first kappa shape index (κ1) is 11.4. The van der Waals surface area contributed by atoms with Gasteiger partial charge >= 0.3 is 0 Å². The van der Waals surface area contributed by atoms with E-state index in [0.717, 1.165) is 18.0 Å². The van der Waals surface area contributed by atoms with E-state index >= 15 is 0 Å². The molecule has 1 heterocycles. The van der Waals surface area contributed by atoms with Gasteiger partial charge in [-0.05, 0) is 52.9 Å². The molecule has 1 heteroatoms. The molecule has 1 nitrogen and oxygen atoms in total. The third-order valence-electron chi connectivity index (χ3n) is 5.54. The molecule has 0 radical (unpaired) electrons. The molecule has 1 unspecified atom stereocenters. The number of likely N-dealkylation sites (tertiary alicyclic amines) is 1. The molecule has 88 valence electrons. The maximum absolute atomic E-state index is 2.50. The van der Waals surface area contributed by atoms with Crippen LogP contribution < -0.4 is 0 Å². The molecule has 0 spiro atoms. The quantitative estimate of drug-likeness (QED) is 0.611. The third-order valence-corrected chi connectivity index (χ3v) is 5.54. The summed E-state index contributed by atoms with van der Waals surface area (Å²) in [6, 6.07) is 1.93. The molecule has 1 saturated carbocycles. The Morgan fingerprint density at radius 2 is 1.60 bits per heavy atom. The number of hydrogen-bond donors (Lipinski definition) is 0. The molecule has 1 aliphatic carbocycles. The Morgan fingerprint density at radius 1 is 0.933 bits per heavy atom. The predicted octanol–water partition coefficient (Wildman–Crippen LogP) is 3.58. The lowest BCUT2D eigenvalue weighted by molar-refractivity contribution is -0.978. The highest BCUT2D eigenvalue weighted by atomic mass is 15.4. The van der Waals surface area contributed by atoms with Gasteiger partial charge in [0.05, 0.1) is 25.2 Å². The van der Waals surface area contributed by atoms with Gasteiger partial charge < -0.3 is 4.48 Å². The van der Waals surface area contributed by atoms with Gasteiger partial charge in [0.2, 0.25) is 0 Å². The molecule has 0 bridgehead atoms. The molecule has 2 aliphatic rings. The van der Waals surface area contributed by atoms with E-state index in [9.17, 15) is 0 Å². The second kappa shape index (κ2) is 4.45. The van der Waals surface area contributed by atoms with Crippen molar-refractivity contribution in [3.05, 3.63) is 0 Å². The van der Waals surface area contributed by atoms with Crippen molar-refractivity contribution in [1.82, 2.24) is 0 Å². The molecular formula is C14H28N+. The minimum Gasteiger partial charge on any atom is -0.319 e. The van der Waals surface area contributed by atoms with Crippen molar-refractivity contribution < 1.29 is 4.48 Å². The molecule has 0 N–H and O–H groups in total. The van der Waals surface area contributed by atoms with E-state index in [0.29, 0.717) is 0 Å². The van der Waals surface area contributed by atoms with Gasteiger partial charge in [0.25, 0.3) is 0 Å². The van der Waals surface area contributed by atoms with Crippen LogP contribution in [0.25, 0.3) is 0 Å². The Labute approximate surface area is 95.4 Å². The Kier molecular flexibility index (Phi) is 3.39. The minimum atomic E-state index is 0.916. The molecule has 0 aromatic rings. The Bertz CT molecular complexity index is 207. The molecule has 0 aromatic carbocycles. The molecule has 0 amide bonds. The van der Waals surface area contributed by atoms with Crippen LogP contribution in [0, 0.1) is 5.92 Å². The van der Waals surface area contributed by atoms with E-state index in [1.807, 2.05) is 0 Å². The molecule has 0 aromatic heterocycles. The van der Waals surface area contributed by atoms with Gasteiger partial charge in [0.1, 0.15) is 0 Å². The number of fused-ring (bicyclic) bond motifs is 1. The minimum absolute atomic E-state index is 0.916. The van der Waals surface area contributed by atoms with Crippen LogP contribution in [-0.4, -0.2) is 29.7 Å². The highest BCUT2D eigenvalue weighted by molar-refractivity contribution is 4.82. The molecule has 3 atom stereocenters. The van der Waals surface area contributed by atoms with Crippen LogP contribution in [0.2, 0.25) is 0 Å². The van der Waals surface area contributed by atoms with Gasteiger partial charge in [0, 0.05) is 5.92 Å². The molecule has 15 heavy (non-hydrogen) atoms. The Balaban J connectivity index is 2.22. The average Bonchev–Trinajstić information content (AvgIpc) is 2.30. The number of piperidine rings is 1. The van der Waals surface area contributed by atoms with E-state index in [-0.39, 0.29) is 0 Å². The summed E-state index contributed by atoms with van der Waals surface area (Å²) in [5, 5.41) is 0. The standard InChI is InChI=1S/C14H28N/c1-4-15(5-2)12(3)10-11-13-8-6-7-9-14(13)15/h12-14H,4-11H2,1-3H3/q+1/t12?,13-,14+/m1/s1. The zero-order valence-electron chi connectivity index (χ0n) is 10.8. The summed E-state index contributed by atoms with van der Waals surface area (Å²) in [6.45, 7) is 10.0. The molecule has 1 aliphatic heterocycles. The summed E-state index contributed by atoms with van der Waals surface area (Å²) < 4.78 is 1.44. The van der Waals surface area contributed by atoms with Crippen LogP contribution in [0.15, 0.2) is 0 Å². The van der Waals surface area contributed by atoms with Gasteiger partial charge in [0.15, 0.2) is 0 Å². The first-order valence-corrected chi connectivity index (χ1v) is 7.11. The van der Waals surface area contributed by atoms with Crippen LogP contribution in [0.4, 0.5) is 0 Å². The Morgan fingerprint density at radius 3 is 2.27 bits per heavy atom. The summed E-state index contributed by atoms with van der Waals surface area (Å²) in [4.78, 5) is 0. The maximum Gasteiger partial charge on any atom is 0.0920 e. The second-order valence-electron chi connectivity index (χ2n) is 5.77. The molecule has 2 rings (SSSR count). The van der Waals surface area contributed by atoms with Gasteiger partial charge in [-0.1, -0.05) is 6.42 Å². The van der Waals surface area contributed by atoms with Crippen LogP contribution in [0.5, 0.6) is 0 Å². The Hall–Kier alpha value is -0.0400. The molecule has 1 saturated heterocycles. The van der Waals surface area contributed by atoms with Crippen molar-refractivity contribution in [1.29, 1.82) is 0 Å². The normalized spacial score (nSPS) is 39.8. The first-order valence-electron chi connectivity index (χ1n) is 7.11. The van der Waals surface area contributed by atoms with Gasteiger partial charge in [-0.25, -0.2) is 0 Å². The van der Waals surface area contributed by atoms with Gasteiger partial charge in [-0.2, -0.15) is 0 Å². The van der Waals surface area contributed by atoms with E-state index in [2.05, 4.69) is 20.8 Å². The lowest BCUT2D eigenvalue weighted by atomic mass is 9.74. The monoisotopic (exact) mass is 210 g/mol. The van der Waals surface area contributed by atoms with Crippen molar-refractivity contribution in [3.8, 4) is 0 Å². The van der Waals surface area contributed by atoms with Crippen molar-refractivity contribution in [3.63, 3.8) is 0 Å². The number of hydrogen-bond acceptors (Lipinski definition) is 0. The number of quaternary nitrogens is 1. The van der Waals surface area contributed by atoms with Crippen LogP contribution in [0.1, 0.15) is 59.3 Å². The topological polar surface area (TPSA) is 0 Å². The maximum atomic E-state index is 2.50. The third kappa shape index (κ3) is 1.73. The fourth-order valence-corrected chi connectivity index (χ4v) is 4.56. The lowest BCUT2D eigenvalue weighted by Crippen LogP contribution is -2.65. The smallest absolute Gasteiger partial charge is 0.0920 e. The summed E-state index contributed by atoms with van der Waals surface area (Å²) in [5.74, 6) is 1.06. The SMILES string of the molecule is CC[N+]1(CC)C(C)CC[C@H]2CCCC[C@@H]21.